The van der Waals surface area contributed by atoms with E-state index in [-0.39, 0.29) is 0 Å². The maximum Gasteiger partial charge on any atom is 0.137 e. The number of fused-ring (bicyclic) bond motifs is 1. The van der Waals surface area contributed by atoms with Crippen molar-refractivity contribution in [1.29, 1.82) is 0 Å². The Hall–Kier alpha value is -2.53. The lowest BCUT2D eigenvalue weighted by atomic mass is 9.92. The third-order valence-corrected chi connectivity index (χ3v) is 5.66. The Morgan fingerprint density at radius 3 is 2.48 bits per heavy atom. The van der Waals surface area contributed by atoms with Gasteiger partial charge in [0.05, 0.1) is 18.0 Å². The normalized spacial score (nSPS) is 20.2. The number of nitrogens with zero attached hydrogens (tertiary/aromatic N) is 3. The van der Waals surface area contributed by atoms with Crippen molar-refractivity contribution in [2.24, 2.45) is 11.8 Å². The first-order valence-electron chi connectivity index (χ1n) is 10.8. The minimum Gasteiger partial charge on any atom is -0.494 e. The zero-order valence-corrected chi connectivity index (χ0v) is 17.8. The minimum atomic E-state index is 0.724. The van der Waals surface area contributed by atoms with Gasteiger partial charge in [0.15, 0.2) is 0 Å². The number of nitrogens with two attached hydrogens (primary N) is 1. The van der Waals surface area contributed by atoms with Crippen molar-refractivity contribution in [3.8, 4) is 17.0 Å². The summed E-state index contributed by atoms with van der Waals surface area (Å²) in [7, 11) is 0. The lowest BCUT2D eigenvalue weighted by Gasteiger charge is -2.35. The summed E-state index contributed by atoms with van der Waals surface area (Å²) in [6, 6.07) is 12.2. The smallest absolute Gasteiger partial charge is 0.137 e. The Bertz CT molecular complexity index is 953. The Labute approximate surface area is 173 Å². The van der Waals surface area contributed by atoms with Gasteiger partial charge in [-0.2, -0.15) is 0 Å². The number of nitrogen functional groups attached to an aromatic ring is 1. The average Bonchev–Trinajstić information content (AvgIpc) is 3.03. The number of rotatable bonds is 6. The van der Waals surface area contributed by atoms with Gasteiger partial charge in [-0.1, -0.05) is 20.8 Å². The van der Waals surface area contributed by atoms with Crippen molar-refractivity contribution in [3.05, 3.63) is 48.3 Å². The number of piperidine rings is 1. The van der Waals surface area contributed by atoms with Crippen LogP contribution in [0.4, 0.5) is 5.69 Å². The number of hydrogen-bond donors (Lipinski definition) is 1. The summed E-state index contributed by atoms with van der Waals surface area (Å²) >= 11 is 0. The summed E-state index contributed by atoms with van der Waals surface area (Å²) in [5.74, 6) is 2.35. The van der Waals surface area contributed by atoms with E-state index < -0.39 is 0 Å². The van der Waals surface area contributed by atoms with E-state index in [1.54, 1.807) is 0 Å². The minimum absolute atomic E-state index is 0.724. The molecule has 5 nitrogen and oxygen atoms in total. The zero-order valence-electron chi connectivity index (χ0n) is 17.8. The number of hydrogen-bond acceptors (Lipinski definition) is 4. The molecule has 2 N–H and O–H groups in total. The Morgan fingerprint density at radius 2 is 1.79 bits per heavy atom. The quantitative estimate of drug-likeness (QED) is 0.651. The molecule has 3 aromatic rings. The topological polar surface area (TPSA) is 55.8 Å². The highest BCUT2D eigenvalue weighted by Crippen LogP contribution is 2.30. The number of likely N-dealkylation sites (tertiary alicyclic amines) is 1. The largest absolute Gasteiger partial charge is 0.494 e. The first-order valence-corrected chi connectivity index (χ1v) is 10.8. The van der Waals surface area contributed by atoms with Gasteiger partial charge in [-0.25, -0.2) is 4.98 Å². The van der Waals surface area contributed by atoms with E-state index >= 15 is 0 Å². The summed E-state index contributed by atoms with van der Waals surface area (Å²) < 4.78 is 7.91. The van der Waals surface area contributed by atoms with Crippen LogP contribution < -0.4 is 10.5 Å². The molecule has 0 amide bonds. The van der Waals surface area contributed by atoms with Crippen LogP contribution in [0.15, 0.2) is 42.6 Å². The highest BCUT2D eigenvalue weighted by Gasteiger charge is 2.24. The molecule has 29 heavy (non-hydrogen) atoms. The average molecular weight is 393 g/mol. The van der Waals surface area contributed by atoms with Crippen molar-refractivity contribution in [3.63, 3.8) is 0 Å². The van der Waals surface area contributed by atoms with Gasteiger partial charge in [0.2, 0.25) is 0 Å². The van der Waals surface area contributed by atoms with Gasteiger partial charge in [0.25, 0.3) is 0 Å². The third-order valence-electron chi connectivity index (χ3n) is 5.66. The fraction of sp³-hybridized carbons (Fsp3) is 0.458. The molecule has 1 saturated heterocycles. The molecule has 1 aromatic carbocycles. The molecule has 2 unspecified atom stereocenters. The van der Waals surface area contributed by atoms with Gasteiger partial charge < -0.3 is 14.9 Å². The lowest BCUT2D eigenvalue weighted by molar-refractivity contribution is 0.133. The predicted octanol–water partition coefficient (Wildman–Crippen LogP) is 4.85. The van der Waals surface area contributed by atoms with Crippen molar-refractivity contribution in [1.82, 2.24) is 14.3 Å². The summed E-state index contributed by atoms with van der Waals surface area (Å²) in [5.41, 5.74) is 11.2. The number of benzene rings is 1. The van der Waals surface area contributed by atoms with Gasteiger partial charge in [0, 0.05) is 37.1 Å². The highest BCUT2D eigenvalue weighted by atomic mass is 16.5. The maximum absolute atomic E-state index is 6.11. The van der Waals surface area contributed by atoms with Gasteiger partial charge in [-0.05, 0) is 61.1 Å². The third kappa shape index (κ3) is 4.40. The van der Waals surface area contributed by atoms with Gasteiger partial charge in [-0.3, -0.25) is 4.90 Å². The molecule has 1 fully saturated rings. The van der Waals surface area contributed by atoms with Crippen LogP contribution in [-0.2, 0) is 6.54 Å². The number of ether oxygens (including phenoxy) is 1. The zero-order chi connectivity index (χ0) is 20.4. The van der Waals surface area contributed by atoms with Crippen LogP contribution in [0, 0.1) is 11.8 Å². The molecule has 3 heterocycles. The molecule has 2 atom stereocenters. The molecule has 0 aliphatic carbocycles. The van der Waals surface area contributed by atoms with E-state index in [1.807, 2.05) is 30.5 Å². The maximum atomic E-state index is 6.11. The van der Waals surface area contributed by atoms with Crippen molar-refractivity contribution in [2.75, 3.05) is 25.4 Å². The number of imidazole rings is 1. The molecule has 5 heteroatoms. The molecule has 0 saturated carbocycles. The van der Waals surface area contributed by atoms with Crippen LogP contribution in [0.2, 0.25) is 0 Å². The van der Waals surface area contributed by atoms with Crippen molar-refractivity contribution >= 4 is 11.3 Å². The molecule has 154 valence electrons. The van der Waals surface area contributed by atoms with Gasteiger partial charge in [-0.15, -0.1) is 0 Å². The lowest BCUT2D eigenvalue weighted by Crippen LogP contribution is -2.38. The molecule has 0 radical (unpaired) electrons. The second-order valence-corrected chi connectivity index (χ2v) is 8.61. The summed E-state index contributed by atoms with van der Waals surface area (Å²) in [4.78, 5) is 7.52. The highest BCUT2D eigenvalue weighted by molar-refractivity contribution is 5.68. The standard InChI is InChI=1S/C24H32N4O/c1-4-11-29-21-8-5-19(6-9-21)24-22(16-27-13-17(2)12-18(3)14-27)28-15-20(25)7-10-23(28)26-24/h5-10,15,17-18H,4,11-14,16,25H2,1-3H3. The fourth-order valence-electron chi connectivity index (χ4n) is 4.55. The first kappa shape index (κ1) is 19.8. The first-order chi connectivity index (χ1) is 14.0. The monoisotopic (exact) mass is 392 g/mol. The van der Waals surface area contributed by atoms with Crippen LogP contribution in [0.3, 0.4) is 0 Å². The van der Waals surface area contributed by atoms with Crippen LogP contribution in [0.5, 0.6) is 5.75 Å². The van der Waals surface area contributed by atoms with E-state index in [4.69, 9.17) is 15.5 Å². The molecule has 1 aliphatic heterocycles. The Kier molecular flexibility index (Phi) is 5.76. The molecule has 0 spiro atoms. The van der Waals surface area contributed by atoms with Crippen LogP contribution >= 0.6 is 0 Å². The van der Waals surface area contributed by atoms with Crippen LogP contribution in [-0.4, -0.2) is 34.0 Å². The van der Waals surface area contributed by atoms with E-state index in [0.717, 1.165) is 72.8 Å². The Morgan fingerprint density at radius 1 is 1.07 bits per heavy atom. The van der Waals surface area contributed by atoms with Crippen LogP contribution in [0.1, 0.15) is 39.3 Å². The van der Waals surface area contributed by atoms with E-state index in [0.29, 0.717) is 0 Å². The summed E-state index contributed by atoms with van der Waals surface area (Å²) in [6.45, 7) is 10.7. The molecule has 2 aromatic heterocycles. The molecule has 0 bridgehead atoms. The number of pyridine rings is 1. The predicted molar refractivity (Wildman–Crippen MR) is 119 cm³/mol. The fourth-order valence-corrected chi connectivity index (χ4v) is 4.55. The van der Waals surface area contributed by atoms with Gasteiger partial charge in [0.1, 0.15) is 11.4 Å². The second-order valence-electron chi connectivity index (χ2n) is 8.61. The SMILES string of the molecule is CCCOc1ccc(-c2nc3ccc(N)cn3c2CN2CC(C)CC(C)C2)cc1. The number of aromatic nitrogens is 2. The van der Waals surface area contributed by atoms with Crippen molar-refractivity contribution in [2.45, 2.75) is 40.2 Å². The molecular formula is C24H32N4O. The summed E-state index contributed by atoms with van der Waals surface area (Å²) in [6.07, 6.45) is 4.31. The van der Waals surface area contributed by atoms with E-state index in [9.17, 15) is 0 Å². The second kappa shape index (κ2) is 8.46. The summed E-state index contributed by atoms with van der Waals surface area (Å²) in [5, 5.41) is 0. The van der Waals surface area contributed by atoms with Crippen LogP contribution in [0.25, 0.3) is 16.9 Å². The molecular weight excluding hydrogens is 360 g/mol. The van der Waals surface area contributed by atoms with E-state index in [1.165, 1.54) is 12.1 Å². The molecule has 1 aliphatic rings. The van der Waals surface area contributed by atoms with Gasteiger partial charge >= 0.3 is 0 Å². The Balaban J connectivity index is 1.70. The molecule has 4 rings (SSSR count). The van der Waals surface area contributed by atoms with E-state index in [2.05, 4.69) is 42.2 Å². The number of anilines is 1. The van der Waals surface area contributed by atoms with Crippen molar-refractivity contribution < 1.29 is 4.74 Å².